The SMILES string of the molecule is COC(=O)Cn1c(SCC(=O)c2cc(C)[nH]c2C)nc2ccccc2c1=O. The monoisotopic (exact) mass is 385 g/mol. The summed E-state index contributed by atoms with van der Waals surface area (Å²) in [6.07, 6.45) is 0. The van der Waals surface area contributed by atoms with Crippen molar-refractivity contribution < 1.29 is 14.3 Å². The molecule has 0 saturated carbocycles. The van der Waals surface area contributed by atoms with Gasteiger partial charge in [-0.15, -0.1) is 0 Å². The van der Waals surface area contributed by atoms with E-state index in [0.29, 0.717) is 21.6 Å². The van der Waals surface area contributed by atoms with Crippen LogP contribution in [0.4, 0.5) is 0 Å². The maximum absolute atomic E-state index is 12.8. The maximum Gasteiger partial charge on any atom is 0.325 e. The highest BCUT2D eigenvalue weighted by molar-refractivity contribution is 7.99. The minimum atomic E-state index is -0.556. The highest BCUT2D eigenvalue weighted by Gasteiger charge is 2.17. The minimum Gasteiger partial charge on any atom is -0.468 e. The number of thioether (sulfide) groups is 1. The Kier molecular flexibility index (Phi) is 5.46. The Morgan fingerprint density at radius 2 is 2.00 bits per heavy atom. The molecule has 0 bridgehead atoms. The number of para-hydroxylation sites is 1. The number of hydrogen-bond acceptors (Lipinski definition) is 6. The van der Waals surface area contributed by atoms with Crippen LogP contribution in [0.1, 0.15) is 21.7 Å². The standard InChI is InChI=1S/C19H19N3O4S/c1-11-8-14(12(2)20-11)16(23)10-27-19-21-15-7-5-4-6-13(15)18(25)22(19)9-17(24)26-3/h4-8,20H,9-10H2,1-3H3. The van der Waals surface area contributed by atoms with Gasteiger partial charge in [0.05, 0.1) is 23.8 Å². The fourth-order valence-corrected chi connectivity index (χ4v) is 3.69. The van der Waals surface area contributed by atoms with E-state index in [4.69, 9.17) is 0 Å². The number of fused-ring (bicyclic) bond motifs is 1. The van der Waals surface area contributed by atoms with E-state index in [9.17, 15) is 14.4 Å². The first-order valence-electron chi connectivity index (χ1n) is 8.29. The number of carbonyl (C=O) groups is 2. The number of nitrogens with zero attached hydrogens (tertiary/aromatic N) is 2. The summed E-state index contributed by atoms with van der Waals surface area (Å²) in [5.74, 6) is -0.530. The van der Waals surface area contributed by atoms with E-state index in [-0.39, 0.29) is 23.6 Å². The topological polar surface area (TPSA) is 94.1 Å². The Bertz CT molecular complexity index is 1080. The molecule has 8 heteroatoms. The van der Waals surface area contributed by atoms with E-state index in [2.05, 4.69) is 14.7 Å². The number of rotatable bonds is 6. The molecule has 0 amide bonds. The van der Waals surface area contributed by atoms with Crippen molar-refractivity contribution in [3.05, 3.63) is 57.6 Å². The summed E-state index contributed by atoms with van der Waals surface area (Å²) in [4.78, 5) is 44.6. The molecule has 27 heavy (non-hydrogen) atoms. The van der Waals surface area contributed by atoms with Crippen LogP contribution in [0.2, 0.25) is 0 Å². The molecule has 0 saturated heterocycles. The molecule has 0 aliphatic carbocycles. The number of hydrogen-bond donors (Lipinski definition) is 1. The maximum atomic E-state index is 12.8. The number of ketones is 1. The van der Waals surface area contributed by atoms with Crippen LogP contribution < -0.4 is 5.56 Å². The number of aromatic nitrogens is 3. The number of methoxy groups -OCH3 is 1. The van der Waals surface area contributed by atoms with Crippen LogP contribution in [0.5, 0.6) is 0 Å². The molecule has 2 heterocycles. The number of ether oxygens (including phenoxy) is 1. The fourth-order valence-electron chi connectivity index (χ4n) is 2.81. The van der Waals surface area contributed by atoms with Gasteiger partial charge in [0, 0.05) is 17.0 Å². The Hall–Kier alpha value is -2.87. The number of aromatic amines is 1. The Balaban J connectivity index is 1.95. The second-order valence-electron chi connectivity index (χ2n) is 6.08. The molecule has 0 aliphatic heterocycles. The molecule has 0 spiro atoms. The molecule has 1 N–H and O–H groups in total. The summed E-state index contributed by atoms with van der Waals surface area (Å²) in [6.45, 7) is 3.47. The van der Waals surface area contributed by atoms with Crippen molar-refractivity contribution >= 4 is 34.4 Å². The lowest BCUT2D eigenvalue weighted by Crippen LogP contribution is -2.27. The lowest BCUT2D eigenvalue weighted by Gasteiger charge is -2.11. The molecular weight excluding hydrogens is 366 g/mol. The van der Waals surface area contributed by atoms with Gasteiger partial charge in [-0.2, -0.15) is 0 Å². The van der Waals surface area contributed by atoms with Gasteiger partial charge in [-0.25, -0.2) is 4.98 Å². The van der Waals surface area contributed by atoms with Crippen molar-refractivity contribution in [2.24, 2.45) is 0 Å². The van der Waals surface area contributed by atoms with Gasteiger partial charge in [0.25, 0.3) is 5.56 Å². The Morgan fingerprint density at radius 3 is 2.67 bits per heavy atom. The molecule has 3 aromatic rings. The van der Waals surface area contributed by atoms with Crippen molar-refractivity contribution in [2.45, 2.75) is 25.5 Å². The molecule has 2 aromatic heterocycles. The van der Waals surface area contributed by atoms with Crippen LogP contribution in [0.25, 0.3) is 10.9 Å². The zero-order chi connectivity index (χ0) is 19.6. The quantitative estimate of drug-likeness (QED) is 0.303. The minimum absolute atomic E-state index is 0.0751. The lowest BCUT2D eigenvalue weighted by atomic mass is 10.2. The first kappa shape index (κ1) is 18.9. The van der Waals surface area contributed by atoms with E-state index in [0.717, 1.165) is 23.1 Å². The van der Waals surface area contributed by atoms with E-state index in [1.165, 1.54) is 11.7 Å². The lowest BCUT2D eigenvalue weighted by molar-refractivity contribution is -0.141. The van der Waals surface area contributed by atoms with E-state index < -0.39 is 5.97 Å². The van der Waals surface area contributed by atoms with Crippen molar-refractivity contribution in [1.82, 2.24) is 14.5 Å². The smallest absolute Gasteiger partial charge is 0.325 e. The Labute approximate surface area is 159 Å². The van der Waals surface area contributed by atoms with Crippen LogP contribution in [-0.2, 0) is 16.1 Å². The second-order valence-corrected chi connectivity index (χ2v) is 7.02. The number of nitrogens with one attached hydrogen (secondary N) is 1. The third-order valence-electron chi connectivity index (χ3n) is 4.12. The highest BCUT2D eigenvalue weighted by Crippen LogP contribution is 2.20. The second kappa shape index (κ2) is 7.79. The van der Waals surface area contributed by atoms with Crippen molar-refractivity contribution in [1.29, 1.82) is 0 Å². The first-order chi connectivity index (χ1) is 12.9. The van der Waals surface area contributed by atoms with Gasteiger partial charge in [-0.1, -0.05) is 23.9 Å². The van der Waals surface area contributed by atoms with Crippen molar-refractivity contribution in [3.63, 3.8) is 0 Å². The zero-order valence-electron chi connectivity index (χ0n) is 15.2. The summed E-state index contributed by atoms with van der Waals surface area (Å²) in [6, 6.07) is 8.70. The van der Waals surface area contributed by atoms with Gasteiger partial charge in [0.2, 0.25) is 0 Å². The molecule has 3 rings (SSSR count). The highest BCUT2D eigenvalue weighted by atomic mass is 32.2. The summed E-state index contributed by atoms with van der Waals surface area (Å²) >= 11 is 1.13. The number of aryl methyl sites for hydroxylation is 2. The zero-order valence-corrected chi connectivity index (χ0v) is 16.1. The number of benzene rings is 1. The van der Waals surface area contributed by atoms with Gasteiger partial charge in [0.1, 0.15) is 6.54 Å². The van der Waals surface area contributed by atoms with Gasteiger partial charge in [-0.05, 0) is 32.0 Å². The molecule has 140 valence electrons. The predicted molar refractivity (Wildman–Crippen MR) is 103 cm³/mol. The largest absolute Gasteiger partial charge is 0.468 e. The van der Waals surface area contributed by atoms with E-state index in [1.54, 1.807) is 30.3 Å². The number of Topliss-reactive ketones (excluding diaryl/α,β-unsaturated/α-hetero) is 1. The average molecular weight is 385 g/mol. The third kappa shape index (κ3) is 3.95. The van der Waals surface area contributed by atoms with Gasteiger partial charge in [-0.3, -0.25) is 19.0 Å². The molecule has 1 aromatic carbocycles. The van der Waals surface area contributed by atoms with Crippen LogP contribution >= 0.6 is 11.8 Å². The summed E-state index contributed by atoms with van der Waals surface area (Å²) < 4.78 is 5.93. The molecular formula is C19H19N3O4S. The number of esters is 1. The summed E-state index contributed by atoms with van der Waals surface area (Å²) in [5.41, 5.74) is 2.51. The molecule has 0 radical (unpaired) electrons. The Morgan fingerprint density at radius 1 is 1.26 bits per heavy atom. The predicted octanol–water partition coefficient (Wildman–Crippen LogP) is 2.49. The molecule has 0 atom stereocenters. The normalized spacial score (nSPS) is 10.9. The van der Waals surface area contributed by atoms with Gasteiger partial charge < -0.3 is 9.72 Å². The van der Waals surface area contributed by atoms with E-state index >= 15 is 0 Å². The number of carbonyl (C=O) groups excluding carboxylic acids is 2. The van der Waals surface area contributed by atoms with Crippen LogP contribution in [-0.4, -0.2) is 39.2 Å². The van der Waals surface area contributed by atoms with Gasteiger partial charge >= 0.3 is 5.97 Å². The van der Waals surface area contributed by atoms with Gasteiger partial charge in [0.15, 0.2) is 10.9 Å². The fraction of sp³-hybridized carbons (Fsp3) is 0.263. The van der Waals surface area contributed by atoms with Crippen LogP contribution in [0.15, 0.2) is 40.3 Å². The molecule has 0 unspecified atom stereocenters. The average Bonchev–Trinajstić information content (AvgIpc) is 3.00. The summed E-state index contributed by atoms with van der Waals surface area (Å²) in [7, 11) is 1.26. The van der Waals surface area contributed by atoms with Crippen LogP contribution in [0, 0.1) is 13.8 Å². The molecule has 0 fully saturated rings. The summed E-state index contributed by atoms with van der Waals surface area (Å²) in [5, 5.41) is 0.719. The van der Waals surface area contributed by atoms with Crippen molar-refractivity contribution in [3.8, 4) is 0 Å². The van der Waals surface area contributed by atoms with E-state index in [1.807, 2.05) is 13.8 Å². The van der Waals surface area contributed by atoms with Crippen LogP contribution in [0.3, 0.4) is 0 Å². The third-order valence-corrected chi connectivity index (χ3v) is 5.10. The first-order valence-corrected chi connectivity index (χ1v) is 9.28. The molecule has 7 nitrogen and oxygen atoms in total. The van der Waals surface area contributed by atoms with Crippen molar-refractivity contribution in [2.75, 3.05) is 12.9 Å². The molecule has 0 aliphatic rings. The number of H-pyrrole nitrogens is 1.